The van der Waals surface area contributed by atoms with Crippen LogP contribution in [0.1, 0.15) is 0 Å². The molecule has 0 unspecified atom stereocenters. The number of hydrogen-bond acceptors (Lipinski definition) is 2. The maximum absolute atomic E-state index is 9.57. The lowest BCUT2D eigenvalue weighted by atomic mass is 10.2. The lowest BCUT2D eigenvalue weighted by molar-refractivity contribution is 0.481. The quantitative estimate of drug-likeness (QED) is 0.796. The Kier molecular flexibility index (Phi) is 2.35. The van der Waals surface area contributed by atoms with Crippen molar-refractivity contribution in [1.29, 1.82) is 0 Å². The van der Waals surface area contributed by atoms with Crippen LogP contribution in [0.5, 0.6) is 5.75 Å². The fraction of sp³-hybridized carbons (Fsp3) is 0.200. The molecule has 1 aromatic heterocycles. The van der Waals surface area contributed by atoms with Crippen molar-refractivity contribution in [1.82, 2.24) is 4.57 Å². The Labute approximate surface area is 86.7 Å². The molecule has 0 atom stereocenters. The van der Waals surface area contributed by atoms with Crippen molar-refractivity contribution in [2.24, 2.45) is 5.73 Å². The number of aromatic hydroxyl groups is 1. The standard InChI is InChI=1S/C10H11ClN2O/c11-10-6-7-8(13(10)5-4-12)2-1-3-9(7)14/h1-3,6,14H,4-5,12H2. The minimum absolute atomic E-state index is 0.250. The smallest absolute Gasteiger partial charge is 0.125 e. The Morgan fingerprint density at radius 1 is 1.43 bits per heavy atom. The van der Waals surface area contributed by atoms with Crippen molar-refractivity contribution < 1.29 is 5.11 Å². The van der Waals surface area contributed by atoms with E-state index in [0.717, 1.165) is 10.9 Å². The number of aromatic nitrogens is 1. The molecule has 0 saturated heterocycles. The molecule has 0 bridgehead atoms. The summed E-state index contributed by atoms with van der Waals surface area (Å²) in [5.41, 5.74) is 6.39. The molecule has 0 radical (unpaired) electrons. The van der Waals surface area contributed by atoms with Gasteiger partial charge < -0.3 is 15.4 Å². The van der Waals surface area contributed by atoms with Crippen LogP contribution in [0, 0.1) is 0 Å². The summed E-state index contributed by atoms with van der Waals surface area (Å²) in [5.74, 6) is 0.250. The predicted molar refractivity (Wildman–Crippen MR) is 57.7 cm³/mol. The summed E-state index contributed by atoms with van der Waals surface area (Å²) in [4.78, 5) is 0. The first kappa shape index (κ1) is 9.37. The maximum atomic E-state index is 9.57. The van der Waals surface area contributed by atoms with Gasteiger partial charge in [0.2, 0.25) is 0 Å². The number of rotatable bonds is 2. The van der Waals surface area contributed by atoms with E-state index in [2.05, 4.69) is 0 Å². The Morgan fingerprint density at radius 2 is 2.21 bits per heavy atom. The molecule has 0 amide bonds. The van der Waals surface area contributed by atoms with E-state index in [1.165, 1.54) is 0 Å². The van der Waals surface area contributed by atoms with Crippen molar-refractivity contribution in [3.63, 3.8) is 0 Å². The summed E-state index contributed by atoms with van der Waals surface area (Å²) in [7, 11) is 0. The first-order valence-electron chi connectivity index (χ1n) is 4.41. The predicted octanol–water partition coefficient (Wildman–Crippen LogP) is 1.96. The van der Waals surface area contributed by atoms with E-state index < -0.39 is 0 Å². The van der Waals surface area contributed by atoms with Gasteiger partial charge in [0.1, 0.15) is 10.9 Å². The van der Waals surface area contributed by atoms with Gasteiger partial charge in [0.05, 0.1) is 5.52 Å². The fourth-order valence-electron chi connectivity index (χ4n) is 1.59. The molecule has 1 aromatic carbocycles. The summed E-state index contributed by atoms with van der Waals surface area (Å²) in [5, 5.41) is 10.9. The number of phenolic OH excluding ortho intramolecular Hbond substituents is 1. The highest BCUT2D eigenvalue weighted by Crippen LogP contribution is 2.29. The normalized spacial score (nSPS) is 11.0. The van der Waals surface area contributed by atoms with Gasteiger partial charge >= 0.3 is 0 Å². The third-order valence-electron chi connectivity index (χ3n) is 2.22. The van der Waals surface area contributed by atoms with Gasteiger partial charge in [-0.2, -0.15) is 0 Å². The zero-order chi connectivity index (χ0) is 10.1. The fourth-order valence-corrected chi connectivity index (χ4v) is 1.88. The van der Waals surface area contributed by atoms with Crippen molar-refractivity contribution in [3.8, 4) is 5.75 Å². The Hall–Kier alpha value is -1.19. The molecule has 4 heteroatoms. The third kappa shape index (κ3) is 1.35. The summed E-state index contributed by atoms with van der Waals surface area (Å²) >= 11 is 6.01. The van der Waals surface area contributed by atoms with E-state index in [4.69, 9.17) is 17.3 Å². The van der Waals surface area contributed by atoms with Crippen molar-refractivity contribution in [2.75, 3.05) is 6.54 Å². The number of nitrogens with zero attached hydrogens (tertiary/aromatic N) is 1. The number of hydrogen-bond donors (Lipinski definition) is 2. The van der Waals surface area contributed by atoms with Crippen LogP contribution in [0.2, 0.25) is 5.15 Å². The van der Waals surface area contributed by atoms with Crippen molar-refractivity contribution in [2.45, 2.75) is 6.54 Å². The molecule has 0 spiro atoms. The number of phenols is 1. The molecule has 2 aromatic rings. The second-order valence-corrected chi connectivity index (χ2v) is 3.50. The van der Waals surface area contributed by atoms with E-state index in [9.17, 15) is 5.11 Å². The molecular weight excluding hydrogens is 200 g/mol. The highest BCUT2D eigenvalue weighted by molar-refractivity contribution is 6.31. The summed E-state index contributed by atoms with van der Waals surface area (Å²) < 4.78 is 1.89. The van der Waals surface area contributed by atoms with Gasteiger partial charge in [0.15, 0.2) is 0 Å². The molecular formula is C10H11ClN2O. The number of fused-ring (bicyclic) bond motifs is 1. The van der Waals surface area contributed by atoms with Gasteiger partial charge in [-0.25, -0.2) is 0 Å². The third-order valence-corrected chi connectivity index (χ3v) is 2.54. The van der Waals surface area contributed by atoms with Gasteiger partial charge in [-0.15, -0.1) is 0 Å². The van der Waals surface area contributed by atoms with E-state index in [1.807, 2.05) is 10.6 Å². The van der Waals surface area contributed by atoms with Crippen LogP contribution in [0.25, 0.3) is 10.9 Å². The van der Waals surface area contributed by atoms with E-state index >= 15 is 0 Å². The van der Waals surface area contributed by atoms with Crippen LogP contribution >= 0.6 is 11.6 Å². The average Bonchev–Trinajstić information content (AvgIpc) is 2.47. The molecule has 0 aliphatic rings. The summed E-state index contributed by atoms with van der Waals surface area (Å²) in [6.07, 6.45) is 0. The van der Waals surface area contributed by atoms with Gasteiger partial charge in [-0.05, 0) is 18.2 Å². The molecule has 3 N–H and O–H groups in total. The second-order valence-electron chi connectivity index (χ2n) is 3.12. The minimum atomic E-state index is 0.250. The van der Waals surface area contributed by atoms with Crippen LogP contribution in [0.15, 0.2) is 24.3 Å². The Morgan fingerprint density at radius 3 is 2.93 bits per heavy atom. The molecule has 2 rings (SSSR count). The summed E-state index contributed by atoms with van der Waals surface area (Å²) in [6, 6.07) is 7.10. The molecule has 0 aliphatic carbocycles. The Balaban J connectivity index is 2.70. The van der Waals surface area contributed by atoms with Gasteiger partial charge in [0.25, 0.3) is 0 Å². The first-order chi connectivity index (χ1) is 6.74. The topological polar surface area (TPSA) is 51.2 Å². The van der Waals surface area contributed by atoms with Crippen molar-refractivity contribution in [3.05, 3.63) is 29.4 Å². The highest BCUT2D eigenvalue weighted by atomic mass is 35.5. The monoisotopic (exact) mass is 210 g/mol. The number of halogens is 1. The van der Waals surface area contributed by atoms with Gasteiger partial charge in [-0.3, -0.25) is 0 Å². The zero-order valence-corrected chi connectivity index (χ0v) is 8.33. The van der Waals surface area contributed by atoms with Gasteiger partial charge in [0, 0.05) is 18.5 Å². The van der Waals surface area contributed by atoms with Crippen LogP contribution in [0.3, 0.4) is 0 Å². The summed E-state index contributed by atoms with van der Waals surface area (Å²) in [6.45, 7) is 1.19. The largest absolute Gasteiger partial charge is 0.507 e. The highest BCUT2D eigenvalue weighted by Gasteiger charge is 2.08. The molecule has 14 heavy (non-hydrogen) atoms. The molecule has 0 aliphatic heterocycles. The molecule has 74 valence electrons. The lowest BCUT2D eigenvalue weighted by Crippen LogP contribution is -2.09. The van der Waals surface area contributed by atoms with E-state index in [-0.39, 0.29) is 5.75 Å². The molecule has 3 nitrogen and oxygen atoms in total. The van der Waals surface area contributed by atoms with Crippen LogP contribution in [-0.2, 0) is 6.54 Å². The Bertz CT molecular complexity index is 464. The molecule has 0 saturated carbocycles. The van der Waals surface area contributed by atoms with Gasteiger partial charge in [-0.1, -0.05) is 17.7 Å². The van der Waals surface area contributed by atoms with Crippen molar-refractivity contribution >= 4 is 22.5 Å². The SMILES string of the molecule is NCCn1c(Cl)cc2c(O)cccc21. The van der Waals surface area contributed by atoms with Crippen LogP contribution < -0.4 is 5.73 Å². The first-order valence-corrected chi connectivity index (χ1v) is 4.78. The van der Waals surface area contributed by atoms with Crippen LogP contribution in [0.4, 0.5) is 0 Å². The zero-order valence-electron chi connectivity index (χ0n) is 7.57. The number of benzene rings is 1. The minimum Gasteiger partial charge on any atom is -0.507 e. The lowest BCUT2D eigenvalue weighted by Gasteiger charge is -2.04. The molecule has 1 heterocycles. The second kappa shape index (κ2) is 3.52. The van der Waals surface area contributed by atoms with E-state index in [1.54, 1.807) is 18.2 Å². The molecule has 0 fully saturated rings. The van der Waals surface area contributed by atoms with Crippen LogP contribution in [-0.4, -0.2) is 16.2 Å². The average molecular weight is 211 g/mol. The maximum Gasteiger partial charge on any atom is 0.125 e. The van der Waals surface area contributed by atoms with E-state index in [0.29, 0.717) is 18.2 Å². The number of nitrogens with two attached hydrogens (primary N) is 1.